The van der Waals surface area contributed by atoms with E-state index in [9.17, 15) is 0 Å². The number of hydrogen-bond acceptors (Lipinski definition) is 4. The largest absolute Gasteiger partial charge is 0.457 e. The Bertz CT molecular complexity index is 2870. The number of aromatic nitrogens is 2. The zero-order valence-electron chi connectivity index (χ0n) is 36.1. The lowest BCUT2D eigenvalue weighted by Crippen LogP contribution is -2.25. The molecule has 0 unspecified atom stereocenters. The van der Waals surface area contributed by atoms with Crippen LogP contribution in [0.5, 0.6) is 11.5 Å². The van der Waals surface area contributed by atoms with Crippen LogP contribution in [0.25, 0.3) is 38.8 Å². The van der Waals surface area contributed by atoms with E-state index in [0.29, 0.717) is 6.67 Å². The summed E-state index contributed by atoms with van der Waals surface area (Å²) in [5.74, 6) is 2.46. The summed E-state index contributed by atoms with van der Waals surface area (Å²) in [4.78, 5) is 9.52. The van der Waals surface area contributed by atoms with Gasteiger partial charge in [0.2, 0.25) is 0 Å². The number of hydrogen-bond donors (Lipinski definition) is 0. The van der Waals surface area contributed by atoms with Crippen LogP contribution in [0.1, 0.15) is 77.6 Å². The number of ether oxygens (including phenoxy) is 1. The van der Waals surface area contributed by atoms with Gasteiger partial charge >= 0.3 is 0 Å². The molecule has 1 aliphatic heterocycles. The number of nitrogens with zero attached hydrogens (tertiary/aromatic N) is 4. The monoisotopic (exact) mass is 786 g/mol. The third-order valence-corrected chi connectivity index (χ3v) is 12.1. The molecule has 0 bridgehead atoms. The Morgan fingerprint density at radius 1 is 0.467 bits per heavy atom. The van der Waals surface area contributed by atoms with E-state index < -0.39 is 0 Å². The molecule has 0 radical (unpaired) electrons. The first-order valence-electron chi connectivity index (χ1n) is 21.0. The molecule has 1 aliphatic rings. The number of fused-ring (bicyclic) bond motifs is 3. The smallest absolute Gasteiger partial charge is 0.137 e. The Kier molecular flexibility index (Phi) is 9.66. The molecular formula is C55H54N4O. The summed E-state index contributed by atoms with van der Waals surface area (Å²) in [7, 11) is 0. The number of pyridine rings is 1. The van der Waals surface area contributed by atoms with Gasteiger partial charge < -0.3 is 14.5 Å². The average molecular weight is 787 g/mol. The zero-order chi connectivity index (χ0) is 41.8. The van der Waals surface area contributed by atoms with Crippen molar-refractivity contribution < 1.29 is 4.74 Å². The lowest BCUT2D eigenvalue weighted by molar-refractivity contribution is 0.483. The maximum atomic E-state index is 6.70. The van der Waals surface area contributed by atoms with Gasteiger partial charge in [-0.05, 0) is 105 Å². The van der Waals surface area contributed by atoms with Crippen LogP contribution >= 0.6 is 0 Å². The molecule has 5 nitrogen and oxygen atoms in total. The maximum Gasteiger partial charge on any atom is 0.137 e. The molecule has 60 heavy (non-hydrogen) atoms. The van der Waals surface area contributed by atoms with Gasteiger partial charge in [-0.3, -0.25) is 4.57 Å². The topological polar surface area (TPSA) is 33.5 Å². The molecule has 0 amide bonds. The fourth-order valence-electron chi connectivity index (χ4n) is 8.36. The lowest BCUT2D eigenvalue weighted by atomic mass is 9.77. The molecule has 9 rings (SSSR count). The molecule has 0 aliphatic carbocycles. The molecule has 300 valence electrons. The van der Waals surface area contributed by atoms with E-state index in [2.05, 4.69) is 228 Å². The Morgan fingerprint density at radius 2 is 1.15 bits per heavy atom. The highest BCUT2D eigenvalue weighted by Gasteiger charge is 2.26. The standard InChI is InChI=1S/C55H54N4O/c1-53(2,3)41-22-25-50-49(33-41)48-24-23-47(36-51(48)59(50)52-34-42(26-27-56-52)54(4,5)6)60-46-21-15-20-44(35-46)57-28-29-58(37-57)45-31-39(38-16-11-9-12-17-38)30-43(32-45)55(7,8)40-18-13-10-14-19-40/h9-36H,37H2,1-8H3. The molecule has 0 saturated heterocycles. The van der Waals surface area contributed by atoms with Crippen LogP contribution in [0, 0.1) is 0 Å². The molecule has 0 spiro atoms. The minimum absolute atomic E-state index is 0.00880. The maximum absolute atomic E-state index is 6.70. The van der Waals surface area contributed by atoms with Gasteiger partial charge in [0.25, 0.3) is 0 Å². The van der Waals surface area contributed by atoms with Crippen LogP contribution in [0.15, 0.2) is 170 Å². The molecule has 3 heterocycles. The van der Waals surface area contributed by atoms with Crippen LogP contribution in [0.3, 0.4) is 0 Å². The molecule has 5 heteroatoms. The van der Waals surface area contributed by atoms with Crippen LogP contribution < -0.4 is 14.5 Å². The fraction of sp³-hybridized carbons (Fsp3) is 0.218. The average Bonchev–Trinajstić information content (AvgIpc) is 3.87. The van der Waals surface area contributed by atoms with Crippen molar-refractivity contribution in [2.24, 2.45) is 0 Å². The lowest BCUT2D eigenvalue weighted by Gasteiger charge is -2.29. The molecule has 2 aromatic heterocycles. The Hall–Kier alpha value is -6.59. The van der Waals surface area contributed by atoms with E-state index >= 15 is 0 Å². The van der Waals surface area contributed by atoms with Gasteiger partial charge in [0.1, 0.15) is 17.3 Å². The Balaban J connectivity index is 1.03. The molecule has 0 saturated carbocycles. The summed E-state index contributed by atoms with van der Waals surface area (Å²) < 4.78 is 8.99. The van der Waals surface area contributed by atoms with E-state index in [1.807, 2.05) is 12.3 Å². The van der Waals surface area contributed by atoms with Crippen LogP contribution in [0.4, 0.5) is 11.4 Å². The van der Waals surface area contributed by atoms with E-state index in [-0.39, 0.29) is 16.2 Å². The summed E-state index contributed by atoms with van der Waals surface area (Å²) in [6, 6.07) is 54.5. The second kappa shape index (κ2) is 14.9. The summed E-state index contributed by atoms with van der Waals surface area (Å²) in [5, 5.41) is 2.39. The van der Waals surface area contributed by atoms with Gasteiger partial charge in [-0.2, -0.15) is 0 Å². The van der Waals surface area contributed by atoms with Crippen molar-refractivity contribution in [2.45, 2.75) is 71.6 Å². The first kappa shape index (κ1) is 38.9. The molecule has 0 N–H and O–H groups in total. The zero-order valence-corrected chi connectivity index (χ0v) is 36.1. The van der Waals surface area contributed by atoms with Crippen molar-refractivity contribution in [3.8, 4) is 28.4 Å². The van der Waals surface area contributed by atoms with Gasteiger partial charge in [0.05, 0.1) is 17.7 Å². The van der Waals surface area contributed by atoms with Crippen molar-refractivity contribution >= 4 is 33.2 Å². The van der Waals surface area contributed by atoms with Crippen LogP contribution in [0.2, 0.25) is 0 Å². The van der Waals surface area contributed by atoms with Crippen molar-refractivity contribution in [1.82, 2.24) is 9.55 Å². The highest BCUT2D eigenvalue weighted by molar-refractivity contribution is 6.09. The highest BCUT2D eigenvalue weighted by atomic mass is 16.5. The predicted octanol–water partition coefficient (Wildman–Crippen LogP) is 14.3. The summed E-state index contributed by atoms with van der Waals surface area (Å²) >= 11 is 0. The normalized spacial score (nSPS) is 13.5. The summed E-state index contributed by atoms with van der Waals surface area (Å²) in [5.41, 5.74) is 11.8. The van der Waals surface area contributed by atoms with Crippen molar-refractivity contribution in [1.29, 1.82) is 0 Å². The van der Waals surface area contributed by atoms with Gasteiger partial charge in [0.15, 0.2) is 0 Å². The molecule has 0 fully saturated rings. The number of rotatable bonds is 8. The number of benzene rings is 6. The van der Waals surface area contributed by atoms with E-state index in [1.54, 1.807) is 0 Å². The quantitative estimate of drug-likeness (QED) is 0.154. The van der Waals surface area contributed by atoms with Crippen molar-refractivity contribution in [3.05, 3.63) is 193 Å². The third-order valence-electron chi connectivity index (χ3n) is 12.1. The minimum Gasteiger partial charge on any atom is -0.457 e. The van der Waals surface area contributed by atoms with E-state index in [0.717, 1.165) is 39.7 Å². The highest BCUT2D eigenvalue weighted by Crippen LogP contribution is 2.40. The number of anilines is 2. The van der Waals surface area contributed by atoms with E-state index in [1.165, 1.54) is 44.2 Å². The van der Waals surface area contributed by atoms with Gasteiger partial charge in [-0.25, -0.2) is 4.98 Å². The molecule has 6 aromatic carbocycles. The van der Waals surface area contributed by atoms with Crippen molar-refractivity contribution in [2.75, 3.05) is 16.5 Å². The Morgan fingerprint density at radius 3 is 1.88 bits per heavy atom. The molecule has 8 aromatic rings. The van der Waals surface area contributed by atoms with Crippen molar-refractivity contribution in [3.63, 3.8) is 0 Å². The molecule has 0 atom stereocenters. The second-order valence-electron chi connectivity index (χ2n) is 18.8. The Labute approximate surface area is 355 Å². The minimum atomic E-state index is -0.185. The van der Waals surface area contributed by atoms with Crippen LogP contribution in [-0.4, -0.2) is 16.2 Å². The SMILES string of the molecule is CC(C)(C)c1ccnc(-n2c3ccc(C(C)(C)C)cc3c3ccc(Oc4cccc(N5C=CN(c6cc(-c7ccccc7)cc(C(C)(C)c7ccccc7)c6)C5)c4)cc32)c1. The summed E-state index contributed by atoms with van der Waals surface area (Å²) in [6.45, 7) is 18.8. The molecular weight excluding hydrogens is 733 g/mol. The first-order chi connectivity index (χ1) is 28.7. The predicted molar refractivity (Wildman–Crippen MR) is 252 cm³/mol. The fourth-order valence-corrected chi connectivity index (χ4v) is 8.36. The van der Waals surface area contributed by atoms with E-state index in [4.69, 9.17) is 9.72 Å². The van der Waals surface area contributed by atoms with Crippen LogP contribution in [-0.2, 0) is 16.2 Å². The third kappa shape index (κ3) is 7.45. The van der Waals surface area contributed by atoms with Gasteiger partial charge in [-0.1, -0.05) is 134 Å². The van der Waals surface area contributed by atoms with Gasteiger partial charge in [0, 0.05) is 58.3 Å². The van der Waals surface area contributed by atoms with Gasteiger partial charge in [-0.15, -0.1) is 0 Å². The summed E-state index contributed by atoms with van der Waals surface area (Å²) in [6.07, 6.45) is 6.27. The second-order valence-corrected chi connectivity index (χ2v) is 18.8. The first-order valence-corrected chi connectivity index (χ1v) is 21.0.